The average Bonchev–Trinajstić information content (AvgIpc) is 2.76. The molecule has 1 fully saturated rings. The van der Waals surface area contributed by atoms with Crippen molar-refractivity contribution in [1.29, 1.82) is 0 Å². The van der Waals surface area contributed by atoms with Crippen LogP contribution in [0.2, 0.25) is 0 Å². The van der Waals surface area contributed by atoms with Crippen LogP contribution in [0.15, 0.2) is 18.2 Å². The van der Waals surface area contributed by atoms with Crippen molar-refractivity contribution in [2.45, 2.75) is 26.0 Å². The van der Waals surface area contributed by atoms with Gasteiger partial charge in [-0.1, -0.05) is 12.1 Å². The maximum atomic E-state index is 5.57. The third kappa shape index (κ3) is 2.45. The second-order valence-electron chi connectivity index (χ2n) is 5.08. The molecule has 0 spiro atoms. The smallest absolute Gasteiger partial charge is 0.0674 e. The monoisotopic (exact) mass is 232 g/mol. The summed E-state index contributed by atoms with van der Waals surface area (Å²) in [6.45, 7) is 7.27. The van der Waals surface area contributed by atoms with Crippen molar-refractivity contribution >= 4 is 5.69 Å². The van der Waals surface area contributed by atoms with Gasteiger partial charge in [-0.15, -0.1) is 0 Å². The molecule has 0 saturated carbocycles. The summed E-state index contributed by atoms with van der Waals surface area (Å²) in [5, 5.41) is 3.40. The first-order valence-electron chi connectivity index (χ1n) is 6.51. The standard InChI is InChI=1S/C14H20N2O/c1-11-9-16(6-7-17-11)10-12-2-3-14-13(8-12)4-5-15-14/h2-3,8,11,15H,4-7,9-10H2,1H3. The van der Waals surface area contributed by atoms with Crippen molar-refractivity contribution in [3.8, 4) is 0 Å². The molecule has 3 heteroatoms. The third-order valence-electron chi connectivity index (χ3n) is 3.61. The van der Waals surface area contributed by atoms with Gasteiger partial charge in [0.2, 0.25) is 0 Å². The van der Waals surface area contributed by atoms with Crippen molar-refractivity contribution < 1.29 is 4.74 Å². The van der Waals surface area contributed by atoms with Gasteiger partial charge in [0.15, 0.2) is 0 Å². The van der Waals surface area contributed by atoms with E-state index in [1.165, 1.54) is 23.2 Å². The molecule has 0 aromatic heterocycles. The van der Waals surface area contributed by atoms with E-state index < -0.39 is 0 Å². The summed E-state index contributed by atoms with van der Waals surface area (Å²) >= 11 is 0. The lowest BCUT2D eigenvalue weighted by Gasteiger charge is -2.31. The van der Waals surface area contributed by atoms with Gasteiger partial charge in [-0.25, -0.2) is 0 Å². The number of morpholine rings is 1. The van der Waals surface area contributed by atoms with Crippen LogP contribution in [0.1, 0.15) is 18.1 Å². The highest BCUT2D eigenvalue weighted by Crippen LogP contribution is 2.23. The Labute approximate surface area is 103 Å². The lowest BCUT2D eigenvalue weighted by Crippen LogP contribution is -2.40. The summed E-state index contributed by atoms with van der Waals surface area (Å²) in [5.41, 5.74) is 4.23. The highest BCUT2D eigenvalue weighted by atomic mass is 16.5. The molecule has 0 amide bonds. The fourth-order valence-electron chi connectivity index (χ4n) is 2.75. The molecule has 0 radical (unpaired) electrons. The normalized spacial score (nSPS) is 24.4. The van der Waals surface area contributed by atoms with Crippen molar-refractivity contribution in [2.24, 2.45) is 0 Å². The lowest BCUT2D eigenvalue weighted by atomic mass is 10.1. The number of hydrogen-bond acceptors (Lipinski definition) is 3. The molecule has 0 aliphatic carbocycles. The van der Waals surface area contributed by atoms with Crippen LogP contribution in [0, 0.1) is 0 Å². The Bertz CT molecular complexity index is 405. The molecule has 92 valence electrons. The van der Waals surface area contributed by atoms with Crippen LogP contribution >= 0.6 is 0 Å². The van der Waals surface area contributed by atoms with E-state index in [1.807, 2.05) is 0 Å². The molecule has 1 saturated heterocycles. The molecule has 0 bridgehead atoms. The predicted octanol–water partition coefficient (Wildman–Crippen LogP) is 1.88. The van der Waals surface area contributed by atoms with Crippen molar-refractivity contribution in [3.05, 3.63) is 29.3 Å². The Morgan fingerprint density at radius 1 is 1.47 bits per heavy atom. The van der Waals surface area contributed by atoms with E-state index in [0.29, 0.717) is 6.10 Å². The van der Waals surface area contributed by atoms with Crippen LogP contribution in [0.25, 0.3) is 0 Å². The Morgan fingerprint density at radius 2 is 2.41 bits per heavy atom. The van der Waals surface area contributed by atoms with Crippen molar-refractivity contribution in [3.63, 3.8) is 0 Å². The molecule has 17 heavy (non-hydrogen) atoms. The number of fused-ring (bicyclic) bond motifs is 1. The molecule has 1 unspecified atom stereocenters. The lowest BCUT2D eigenvalue weighted by molar-refractivity contribution is -0.0212. The van der Waals surface area contributed by atoms with Gasteiger partial charge >= 0.3 is 0 Å². The Morgan fingerprint density at radius 3 is 3.29 bits per heavy atom. The molecule has 1 aromatic rings. The highest BCUT2D eigenvalue weighted by molar-refractivity contribution is 5.56. The van der Waals surface area contributed by atoms with Gasteiger partial charge in [0.05, 0.1) is 12.7 Å². The molecule has 2 heterocycles. The number of nitrogens with zero attached hydrogens (tertiary/aromatic N) is 1. The van der Waals surface area contributed by atoms with Gasteiger partial charge in [0.1, 0.15) is 0 Å². The number of benzene rings is 1. The van der Waals surface area contributed by atoms with Crippen LogP contribution in [-0.4, -0.2) is 37.2 Å². The average molecular weight is 232 g/mol. The predicted molar refractivity (Wildman–Crippen MR) is 69.3 cm³/mol. The number of hydrogen-bond donors (Lipinski definition) is 1. The summed E-state index contributed by atoms with van der Waals surface area (Å²) in [6, 6.07) is 6.83. The highest BCUT2D eigenvalue weighted by Gasteiger charge is 2.17. The fraction of sp³-hybridized carbons (Fsp3) is 0.571. The van der Waals surface area contributed by atoms with Crippen LogP contribution in [0.5, 0.6) is 0 Å². The Balaban J connectivity index is 1.68. The number of nitrogens with one attached hydrogen (secondary N) is 1. The zero-order valence-corrected chi connectivity index (χ0v) is 10.4. The van der Waals surface area contributed by atoms with E-state index in [4.69, 9.17) is 4.74 Å². The first-order chi connectivity index (χ1) is 8.31. The number of anilines is 1. The van der Waals surface area contributed by atoms with Crippen LogP contribution in [0.3, 0.4) is 0 Å². The molecule has 3 rings (SSSR count). The largest absolute Gasteiger partial charge is 0.384 e. The second kappa shape index (κ2) is 4.67. The maximum Gasteiger partial charge on any atom is 0.0674 e. The topological polar surface area (TPSA) is 24.5 Å². The van der Waals surface area contributed by atoms with Crippen LogP contribution < -0.4 is 5.32 Å². The Hall–Kier alpha value is -1.06. The van der Waals surface area contributed by atoms with E-state index in [2.05, 4.69) is 35.3 Å². The van der Waals surface area contributed by atoms with Gasteiger partial charge in [0.25, 0.3) is 0 Å². The van der Waals surface area contributed by atoms with Gasteiger partial charge in [-0.2, -0.15) is 0 Å². The van der Waals surface area contributed by atoms with E-state index in [1.54, 1.807) is 0 Å². The zero-order chi connectivity index (χ0) is 11.7. The second-order valence-corrected chi connectivity index (χ2v) is 5.08. The molecule has 1 N–H and O–H groups in total. The van der Waals surface area contributed by atoms with Crippen LogP contribution in [0.4, 0.5) is 5.69 Å². The summed E-state index contributed by atoms with van der Waals surface area (Å²) in [5.74, 6) is 0. The fourth-order valence-corrected chi connectivity index (χ4v) is 2.75. The zero-order valence-electron chi connectivity index (χ0n) is 10.4. The van der Waals surface area contributed by atoms with E-state index in [0.717, 1.165) is 32.8 Å². The van der Waals surface area contributed by atoms with E-state index >= 15 is 0 Å². The molecule has 1 atom stereocenters. The molecule has 2 aliphatic heterocycles. The van der Waals surface area contributed by atoms with Gasteiger partial charge in [0, 0.05) is 31.9 Å². The number of rotatable bonds is 2. The molecule has 2 aliphatic rings. The van der Waals surface area contributed by atoms with Crippen molar-refractivity contribution in [2.75, 3.05) is 31.6 Å². The van der Waals surface area contributed by atoms with Gasteiger partial charge in [-0.05, 0) is 30.5 Å². The summed E-state index contributed by atoms with van der Waals surface area (Å²) in [7, 11) is 0. The summed E-state index contributed by atoms with van der Waals surface area (Å²) in [4.78, 5) is 2.48. The number of ether oxygens (including phenoxy) is 1. The Kier molecular flexibility index (Phi) is 3.04. The molecule has 3 nitrogen and oxygen atoms in total. The SMILES string of the molecule is CC1CN(Cc2ccc3c(c2)CCN3)CCO1. The van der Waals surface area contributed by atoms with E-state index in [-0.39, 0.29) is 0 Å². The summed E-state index contributed by atoms with van der Waals surface area (Å²) < 4.78 is 5.57. The molecule has 1 aromatic carbocycles. The first kappa shape index (κ1) is 11.1. The first-order valence-corrected chi connectivity index (χ1v) is 6.51. The van der Waals surface area contributed by atoms with Crippen LogP contribution in [-0.2, 0) is 17.7 Å². The molecular weight excluding hydrogens is 212 g/mol. The minimum absolute atomic E-state index is 0.375. The van der Waals surface area contributed by atoms with Gasteiger partial charge in [-0.3, -0.25) is 4.90 Å². The van der Waals surface area contributed by atoms with E-state index in [9.17, 15) is 0 Å². The third-order valence-corrected chi connectivity index (χ3v) is 3.61. The quantitative estimate of drug-likeness (QED) is 0.842. The summed E-state index contributed by atoms with van der Waals surface area (Å²) in [6.07, 6.45) is 1.54. The minimum atomic E-state index is 0.375. The maximum absolute atomic E-state index is 5.57. The molecular formula is C14H20N2O. The van der Waals surface area contributed by atoms with Gasteiger partial charge < -0.3 is 10.1 Å². The minimum Gasteiger partial charge on any atom is -0.384 e. The van der Waals surface area contributed by atoms with Crippen molar-refractivity contribution in [1.82, 2.24) is 4.90 Å².